The number of rotatable bonds is 18. The SMILES string of the molecule is Cc1ccc(CCC(=O)OCCCOC(=O)NCc2cccc(CNC(=O)OCCCOC(=O)CCc3ccccc3)c2)cc1. The standard InChI is InChI=1S/C35H42N2O8/c1-27-12-14-29(15-13-27)17-19-33(39)43-21-7-23-45-35(41)37-26-31-11-5-10-30(24-31)25-36-34(40)44-22-6-20-42-32(38)18-16-28-8-3-2-4-9-28/h2-5,8-15,24H,6-7,16-23,25-26H2,1H3,(H,36,40)(H,37,41). The monoisotopic (exact) mass is 618 g/mol. The fourth-order valence-corrected chi connectivity index (χ4v) is 4.16. The van der Waals surface area contributed by atoms with E-state index in [-0.39, 0.29) is 51.5 Å². The lowest BCUT2D eigenvalue weighted by Crippen LogP contribution is -2.25. The molecule has 0 fully saturated rings. The summed E-state index contributed by atoms with van der Waals surface area (Å²) in [5, 5.41) is 5.36. The zero-order chi connectivity index (χ0) is 32.1. The Kier molecular flexibility index (Phi) is 15.5. The predicted octanol–water partition coefficient (Wildman–Crippen LogP) is 5.58. The summed E-state index contributed by atoms with van der Waals surface area (Å²) in [5.74, 6) is -0.565. The molecule has 10 nitrogen and oxygen atoms in total. The Hall–Kier alpha value is -4.86. The third-order valence-electron chi connectivity index (χ3n) is 6.63. The Bertz CT molecular complexity index is 1350. The molecule has 3 rings (SSSR count). The second-order valence-corrected chi connectivity index (χ2v) is 10.4. The molecule has 45 heavy (non-hydrogen) atoms. The van der Waals surface area contributed by atoms with Crippen molar-refractivity contribution in [2.24, 2.45) is 0 Å². The fourth-order valence-electron chi connectivity index (χ4n) is 4.16. The number of aryl methyl sites for hydroxylation is 3. The van der Waals surface area contributed by atoms with Gasteiger partial charge in [0.1, 0.15) is 0 Å². The van der Waals surface area contributed by atoms with E-state index < -0.39 is 12.2 Å². The van der Waals surface area contributed by atoms with Gasteiger partial charge in [0.15, 0.2) is 0 Å². The minimum absolute atomic E-state index is 0.125. The molecule has 0 spiro atoms. The Morgan fingerprint density at radius 1 is 0.533 bits per heavy atom. The summed E-state index contributed by atoms with van der Waals surface area (Å²) in [5.41, 5.74) is 4.99. The molecule has 0 saturated carbocycles. The summed E-state index contributed by atoms with van der Waals surface area (Å²) in [6.45, 7) is 3.12. The number of benzene rings is 3. The van der Waals surface area contributed by atoms with Crippen LogP contribution in [-0.4, -0.2) is 50.6 Å². The average Bonchev–Trinajstić information content (AvgIpc) is 3.05. The highest BCUT2D eigenvalue weighted by atomic mass is 16.6. The third-order valence-corrected chi connectivity index (χ3v) is 6.63. The summed E-state index contributed by atoms with van der Waals surface area (Å²) < 4.78 is 20.7. The van der Waals surface area contributed by atoms with Gasteiger partial charge in [0.25, 0.3) is 0 Å². The van der Waals surface area contributed by atoms with Crippen molar-refractivity contribution in [3.8, 4) is 0 Å². The lowest BCUT2D eigenvalue weighted by atomic mass is 10.1. The lowest BCUT2D eigenvalue weighted by molar-refractivity contribution is -0.144. The van der Waals surface area contributed by atoms with Crippen molar-refractivity contribution in [2.75, 3.05) is 26.4 Å². The molecule has 240 valence electrons. The van der Waals surface area contributed by atoms with Crippen LogP contribution in [0, 0.1) is 6.92 Å². The van der Waals surface area contributed by atoms with Gasteiger partial charge in [0.2, 0.25) is 0 Å². The average molecular weight is 619 g/mol. The van der Waals surface area contributed by atoms with Crippen molar-refractivity contribution in [3.05, 3.63) is 107 Å². The van der Waals surface area contributed by atoms with Crippen LogP contribution < -0.4 is 10.6 Å². The summed E-state index contributed by atoms with van der Waals surface area (Å²) in [7, 11) is 0. The highest BCUT2D eigenvalue weighted by Crippen LogP contribution is 2.08. The van der Waals surface area contributed by atoms with Crippen LogP contribution in [0.25, 0.3) is 0 Å². The zero-order valence-electron chi connectivity index (χ0n) is 25.8. The van der Waals surface area contributed by atoms with Gasteiger partial charge < -0.3 is 29.6 Å². The molecule has 10 heteroatoms. The zero-order valence-corrected chi connectivity index (χ0v) is 25.8. The predicted molar refractivity (Wildman–Crippen MR) is 168 cm³/mol. The largest absolute Gasteiger partial charge is 0.466 e. The second kappa shape index (κ2) is 20.2. The van der Waals surface area contributed by atoms with Crippen LogP contribution in [0.1, 0.15) is 53.5 Å². The molecule has 2 N–H and O–H groups in total. The molecular formula is C35H42N2O8. The molecule has 0 aromatic heterocycles. The first-order valence-corrected chi connectivity index (χ1v) is 15.2. The molecule has 0 saturated heterocycles. The normalized spacial score (nSPS) is 10.4. The smallest absolute Gasteiger partial charge is 0.407 e. The molecular weight excluding hydrogens is 576 g/mol. The Morgan fingerprint density at radius 2 is 0.978 bits per heavy atom. The first-order chi connectivity index (χ1) is 21.9. The van der Waals surface area contributed by atoms with Crippen molar-refractivity contribution in [1.82, 2.24) is 10.6 Å². The van der Waals surface area contributed by atoms with E-state index in [1.165, 1.54) is 5.56 Å². The number of carbonyl (C=O) groups excluding carboxylic acids is 4. The molecule has 0 aliphatic carbocycles. The van der Waals surface area contributed by atoms with Crippen LogP contribution in [0.2, 0.25) is 0 Å². The fraction of sp³-hybridized carbons (Fsp3) is 0.371. The van der Waals surface area contributed by atoms with Crippen molar-refractivity contribution in [2.45, 2.75) is 58.5 Å². The van der Waals surface area contributed by atoms with Gasteiger partial charge in [-0.15, -0.1) is 0 Å². The van der Waals surface area contributed by atoms with Gasteiger partial charge in [0, 0.05) is 38.8 Å². The number of hydrogen-bond donors (Lipinski definition) is 2. The highest BCUT2D eigenvalue weighted by molar-refractivity contribution is 5.70. The molecule has 0 atom stereocenters. The molecule has 2 amide bonds. The van der Waals surface area contributed by atoms with E-state index in [2.05, 4.69) is 10.6 Å². The van der Waals surface area contributed by atoms with Crippen LogP contribution in [0.4, 0.5) is 9.59 Å². The van der Waals surface area contributed by atoms with Crippen LogP contribution in [-0.2, 0) is 54.5 Å². The number of esters is 2. The molecule has 0 unspecified atom stereocenters. The topological polar surface area (TPSA) is 129 Å². The number of nitrogens with one attached hydrogen (secondary N) is 2. The quantitative estimate of drug-likeness (QED) is 0.107. The van der Waals surface area contributed by atoms with Gasteiger partial charge in [-0.2, -0.15) is 0 Å². The Balaban J connectivity index is 1.18. The van der Waals surface area contributed by atoms with Gasteiger partial charge in [-0.1, -0.05) is 84.4 Å². The van der Waals surface area contributed by atoms with Crippen molar-refractivity contribution in [1.29, 1.82) is 0 Å². The molecule has 0 heterocycles. The molecule has 0 radical (unpaired) electrons. The first kappa shape index (κ1) is 34.6. The lowest BCUT2D eigenvalue weighted by Gasteiger charge is -2.10. The van der Waals surface area contributed by atoms with Crippen LogP contribution >= 0.6 is 0 Å². The Labute approximate surface area is 264 Å². The molecule has 0 aliphatic rings. The second-order valence-electron chi connectivity index (χ2n) is 10.4. The van der Waals surface area contributed by atoms with E-state index in [4.69, 9.17) is 18.9 Å². The third kappa shape index (κ3) is 15.4. The van der Waals surface area contributed by atoms with Crippen molar-refractivity contribution in [3.63, 3.8) is 0 Å². The first-order valence-electron chi connectivity index (χ1n) is 15.2. The van der Waals surface area contributed by atoms with Gasteiger partial charge >= 0.3 is 24.1 Å². The molecule has 0 aliphatic heterocycles. The maximum atomic E-state index is 12.0. The minimum atomic E-state index is -0.575. The number of alkyl carbamates (subject to hydrolysis) is 2. The number of carbonyl (C=O) groups is 4. The van der Waals surface area contributed by atoms with E-state index in [0.717, 1.165) is 22.3 Å². The van der Waals surface area contributed by atoms with Crippen LogP contribution in [0.5, 0.6) is 0 Å². The van der Waals surface area contributed by atoms with Crippen LogP contribution in [0.3, 0.4) is 0 Å². The molecule has 3 aromatic rings. The van der Waals surface area contributed by atoms with E-state index in [9.17, 15) is 19.2 Å². The Morgan fingerprint density at radius 3 is 1.49 bits per heavy atom. The van der Waals surface area contributed by atoms with Crippen LogP contribution in [0.15, 0.2) is 78.9 Å². The maximum Gasteiger partial charge on any atom is 0.407 e. The highest BCUT2D eigenvalue weighted by Gasteiger charge is 2.08. The summed E-state index contributed by atoms with van der Waals surface area (Å²) in [4.78, 5) is 47.8. The van der Waals surface area contributed by atoms with Gasteiger partial charge in [-0.25, -0.2) is 9.59 Å². The van der Waals surface area contributed by atoms with E-state index in [1.54, 1.807) is 0 Å². The molecule has 0 bridgehead atoms. The van der Waals surface area contributed by atoms with Gasteiger partial charge in [-0.3, -0.25) is 9.59 Å². The molecule has 3 aromatic carbocycles. The number of hydrogen-bond acceptors (Lipinski definition) is 8. The van der Waals surface area contributed by atoms with E-state index in [0.29, 0.717) is 38.5 Å². The summed E-state index contributed by atoms with van der Waals surface area (Å²) >= 11 is 0. The minimum Gasteiger partial charge on any atom is -0.466 e. The maximum absolute atomic E-state index is 12.0. The number of ether oxygens (including phenoxy) is 4. The van der Waals surface area contributed by atoms with Gasteiger partial charge in [-0.05, 0) is 42.0 Å². The van der Waals surface area contributed by atoms with E-state index >= 15 is 0 Å². The summed E-state index contributed by atoms with van der Waals surface area (Å²) in [6, 6.07) is 25.1. The summed E-state index contributed by atoms with van der Waals surface area (Å²) in [6.07, 6.45) is 1.50. The van der Waals surface area contributed by atoms with Crippen molar-refractivity contribution < 1.29 is 38.1 Å². The van der Waals surface area contributed by atoms with Gasteiger partial charge in [0.05, 0.1) is 26.4 Å². The van der Waals surface area contributed by atoms with Crippen molar-refractivity contribution >= 4 is 24.1 Å². The van der Waals surface area contributed by atoms with E-state index in [1.807, 2.05) is 85.8 Å². The number of amides is 2.